The third-order valence-corrected chi connectivity index (χ3v) is 11.8. The summed E-state index contributed by atoms with van der Waals surface area (Å²) in [6.45, 7) is 4.10. The molecule has 0 saturated heterocycles. The van der Waals surface area contributed by atoms with Crippen molar-refractivity contribution in [2.24, 2.45) is 0 Å². The number of rotatable bonds is 7. The zero-order valence-electron chi connectivity index (χ0n) is 34.9. The van der Waals surface area contributed by atoms with E-state index in [1.807, 2.05) is 84.9 Å². The molecule has 0 spiro atoms. The molecule has 2 heterocycles. The molecule has 0 amide bonds. The standard InChI is InChI=1S/C55H36F6N4/c1-33-13-9-11-19-43(33)37-21-24-46-47-25-22-38(44-20-12-10-14-34(44)2)30-50(47)65(49(46)29-37)42-23-26-45(39-27-40(54(56,57)58)31-41(28-39)55(59,60)61)48(32-42)53-63-51(35-15-5-3-6-16-35)62-52(64-53)36-17-7-4-8-18-36/h3-32H,1-2H3. The summed E-state index contributed by atoms with van der Waals surface area (Å²) in [7, 11) is 0. The molecule has 8 aromatic carbocycles. The number of benzene rings is 8. The topological polar surface area (TPSA) is 43.6 Å². The zero-order valence-corrected chi connectivity index (χ0v) is 34.9. The van der Waals surface area contributed by atoms with Crippen molar-refractivity contribution in [1.29, 1.82) is 0 Å². The van der Waals surface area contributed by atoms with Crippen LogP contribution >= 0.6 is 0 Å². The molecule has 10 rings (SSSR count). The summed E-state index contributed by atoms with van der Waals surface area (Å²) in [5.74, 6) is 0.601. The van der Waals surface area contributed by atoms with Crippen LogP contribution in [0.2, 0.25) is 0 Å². The van der Waals surface area contributed by atoms with Gasteiger partial charge in [-0.2, -0.15) is 26.3 Å². The smallest absolute Gasteiger partial charge is 0.309 e. The second-order valence-electron chi connectivity index (χ2n) is 16.0. The molecule has 10 aromatic rings. The van der Waals surface area contributed by atoms with Crippen LogP contribution in [0, 0.1) is 13.8 Å². The molecule has 65 heavy (non-hydrogen) atoms. The Morgan fingerprint density at radius 1 is 0.354 bits per heavy atom. The molecule has 0 bridgehead atoms. The monoisotopic (exact) mass is 866 g/mol. The van der Waals surface area contributed by atoms with E-state index in [1.54, 1.807) is 18.2 Å². The zero-order chi connectivity index (χ0) is 45.0. The number of hydrogen-bond acceptors (Lipinski definition) is 3. The maximum Gasteiger partial charge on any atom is 0.416 e. The van der Waals surface area contributed by atoms with Gasteiger partial charge in [-0.25, -0.2) is 15.0 Å². The van der Waals surface area contributed by atoms with Gasteiger partial charge in [-0.3, -0.25) is 0 Å². The summed E-state index contributed by atoms with van der Waals surface area (Å²) in [4.78, 5) is 14.7. The molecule has 0 aliphatic rings. The Kier molecular flexibility index (Phi) is 10.2. The quantitative estimate of drug-likeness (QED) is 0.150. The molecule has 0 unspecified atom stereocenters. The number of aryl methyl sites for hydroxylation is 2. The lowest BCUT2D eigenvalue weighted by Gasteiger charge is -2.18. The average molecular weight is 867 g/mol. The first-order chi connectivity index (χ1) is 31.3. The van der Waals surface area contributed by atoms with Crippen molar-refractivity contribution in [1.82, 2.24) is 19.5 Å². The highest BCUT2D eigenvalue weighted by atomic mass is 19.4. The molecular weight excluding hydrogens is 831 g/mol. The van der Waals surface area contributed by atoms with Gasteiger partial charge in [0.1, 0.15) is 0 Å². The highest BCUT2D eigenvalue weighted by Gasteiger charge is 2.37. The van der Waals surface area contributed by atoms with Crippen molar-refractivity contribution >= 4 is 21.8 Å². The summed E-state index contributed by atoms with van der Waals surface area (Å²) >= 11 is 0. The fourth-order valence-corrected chi connectivity index (χ4v) is 8.57. The first-order valence-corrected chi connectivity index (χ1v) is 20.8. The number of nitrogens with zero attached hydrogens (tertiary/aromatic N) is 4. The van der Waals surface area contributed by atoms with Gasteiger partial charge in [-0.05, 0) is 101 Å². The minimum atomic E-state index is -5.07. The molecule has 0 aliphatic heterocycles. The Morgan fingerprint density at radius 2 is 0.800 bits per heavy atom. The van der Waals surface area contributed by atoms with Crippen molar-refractivity contribution in [3.63, 3.8) is 0 Å². The molecule has 318 valence electrons. The Morgan fingerprint density at radius 3 is 1.26 bits per heavy atom. The SMILES string of the molecule is Cc1ccccc1-c1ccc2c3ccc(-c4ccccc4C)cc3n(-c3ccc(-c4cc(C(F)(F)F)cc(C(F)(F)F)c4)c(-c4nc(-c5ccccc5)nc(-c5ccccc5)n4)c3)c2c1. The van der Waals surface area contributed by atoms with E-state index < -0.39 is 23.5 Å². The predicted octanol–water partition coefficient (Wildman–Crippen LogP) is 15.6. The van der Waals surface area contributed by atoms with Crippen LogP contribution < -0.4 is 0 Å². The van der Waals surface area contributed by atoms with Crippen molar-refractivity contribution in [2.75, 3.05) is 0 Å². The fourth-order valence-electron chi connectivity index (χ4n) is 8.57. The van der Waals surface area contributed by atoms with Crippen LogP contribution in [-0.4, -0.2) is 19.5 Å². The van der Waals surface area contributed by atoms with Crippen LogP contribution in [0.3, 0.4) is 0 Å². The van der Waals surface area contributed by atoms with E-state index >= 15 is 0 Å². The van der Waals surface area contributed by atoms with Crippen molar-refractivity contribution in [2.45, 2.75) is 26.2 Å². The van der Waals surface area contributed by atoms with Crippen LogP contribution in [0.25, 0.3) is 95.0 Å². The molecule has 4 nitrogen and oxygen atoms in total. The van der Waals surface area contributed by atoms with Crippen LogP contribution in [-0.2, 0) is 12.4 Å². The Bertz CT molecular complexity index is 3240. The Hall–Kier alpha value is -7.85. The lowest BCUT2D eigenvalue weighted by molar-refractivity contribution is -0.143. The van der Waals surface area contributed by atoms with Crippen LogP contribution in [0.1, 0.15) is 22.3 Å². The van der Waals surface area contributed by atoms with Crippen molar-refractivity contribution in [3.05, 3.63) is 204 Å². The third kappa shape index (κ3) is 7.81. The van der Waals surface area contributed by atoms with Crippen LogP contribution in [0.15, 0.2) is 182 Å². The highest BCUT2D eigenvalue weighted by molar-refractivity contribution is 6.11. The summed E-state index contributed by atoms with van der Waals surface area (Å²) in [5.41, 5.74) is 6.82. The Balaban J connectivity index is 1.31. The van der Waals surface area contributed by atoms with Gasteiger partial charge in [0.05, 0.1) is 22.2 Å². The van der Waals surface area contributed by atoms with Crippen LogP contribution in [0.4, 0.5) is 26.3 Å². The normalized spacial score (nSPS) is 12.0. The lowest BCUT2D eigenvalue weighted by Crippen LogP contribution is -2.11. The number of alkyl halides is 6. The van der Waals surface area contributed by atoms with Crippen molar-refractivity contribution < 1.29 is 26.3 Å². The molecule has 0 atom stereocenters. The fraction of sp³-hybridized carbons (Fsp3) is 0.0727. The third-order valence-electron chi connectivity index (χ3n) is 11.8. The van der Waals surface area contributed by atoms with E-state index in [1.165, 1.54) is 0 Å². The van der Waals surface area contributed by atoms with E-state index in [2.05, 4.69) is 79.1 Å². The minimum absolute atomic E-state index is 0.0579. The predicted molar refractivity (Wildman–Crippen MR) is 246 cm³/mol. The molecule has 0 aliphatic carbocycles. The number of aromatic nitrogens is 4. The van der Waals surface area contributed by atoms with E-state index in [0.717, 1.165) is 67.3 Å². The molecule has 0 fully saturated rings. The maximum atomic E-state index is 14.5. The van der Waals surface area contributed by atoms with E-state index in [0.29, 0.717) is 16.8 Å². The Labute approximate surface area is 370 Å². The van der Waals surface area contributed by atoms with Gasteiger partial charge in [0, 0.05) is 33.2 Å². The molecule has 10 heteroatoms. The summed E-state index contributed by atoms with van der Waals surface area (Å²) in [6, 6.07) is 53.7. The van der Waals surface area contributed by atoms with Crippen molar-refractivity contribution in [3.8, 4) is 73.2 Å². The lowest BCUT2D eigenvalue weighted by atomic mass is 9.94. The molecule has 0 radical (unpaired) electrons. The number of fused-ring (bicyclic) bond motifs is 3. The summed E-state index contributed by atoms with van der Waals surface area (Å²) in [5, 5.41) is 1.90. The van der Waals surface area contributed by atoms with E-state index in [-0.39, 0.29) is 40.2 Å². The van der Waals surface area contributed by atoms with Gasteiger partial charge in [0.2, 0.25) is 0 Å². The van der Waals surface area contributed by atoms with Gasteiger partial charge < -0.3 is 4.57 Å². The first-order valence-electron chi connectivity index (χ1n) is 20.8. The maximum absolute atomic E-state index is 14.5. The van der Waals surface area contributed by atoms with Gasteiger partial charge in [-0.15, -0.1) is 0 Å². The van der Waals surface area contributed by atoms with E-state index in [9.17, 15) is 26.3 Å². The van der Waals surface area contributed by atoms with Gasteiger partial charge in [-0.1, -0.05) is 140 Å². The second kappa shape index (κ2) is 16.1. The second-order valence-corrected chi connectivity index (χ2v) is 16.0. The average Bonchev–Trinajstić information content (AvgIpc) is 3.64. The largest absolute Gasteiger partial charge is 0.416 e. The van der Waals surface area contributed by atoms with Gasteiger partial charge >= 0.3 is 12.4 Å². The summed E-state index contributed by atoms with van der Waals surface area (Å²) in [6.07, 6.45) is -10.1. The van der Waals surface area contributed by atoms with Crippen LogP contribution in [0.5, 0.6) is 0 Å². The highest BCUT2D eigenvalue weighted by Crippen LogP contribution is 2.44. The molecular formula is C55H36F6N4. The number of halogens is 6. The molecule has 0 saturated carbocycles. The van der Waals surface area contributed by atoms with Gasteiger partial charge in [0.25, 0.3) is 0 Å². The molecule has 2 aromatic heterocycles. The van der Waals surface area contributed by atoms with Gasteiger partial charge in [0.15, 0.2) is 17.5 Å². The molecule has 0 N–H and O–H groups in total. The number of hydrogen-bond donors (Lipinski definition) is 0. The summed E-state index contributed by atoms with van der Waals surface area (Å²) < 4.78 is 88.8. The minimum Gasteiger partial charge on any atom is -0.309 e. The van der Waals surface area contributed by atoms with E-state index in [4.69, 9.17) is 15.0 Å². The first kappa shape index (κ1) is 41.2.